The molecule has 0 radical (unpaired) electrons. The van der Waals surface area contributed by atoms with Gasteiger partial charge in [0.15, 0.2) is 5.16 Å². The summed E-state index contributed by atoms with van der Waals surface area (Å²) in [5.41, 5.74) is 3.48. The average Bonchev–Trinajstić information content (AvgIpc) is 3.30. The number of rotatable bonds is 9. The van der Waals surface area contributed by atoms with Gasteiger partial charge in [0.1, 0.15) is 6.33 Å². The number of nitrogens with zero attached hydrogens (tertiary/aromatic N) is 3. The number of hydrogen-bond acceptors (Lipinski definition) is 5. The lowest BCUT2D eigenvalue weighted by molar-refractivity contribution is -0.140. The van der Waals surface area contributed by atoms with Gasteiger partial charge in [0.2, 0.25) is 0 Å². The lowest BCUT2D eigenvalue weighted by Gasteiger charge is -2.34. The molecule has 0 aliphatic rings. The molecule has 162 valence electrons. The maximum absolute atomic E-state index is 11.5. The number of aromatic nitrogens is 3. The number of ether oxygens (including phenoxy) is 1. The fourth-order valence-electron chi connectivity index (χ4n) is 3.80. The molecule has 1 heterocycles. The minimum Gasteiger partial charge on any atom is -0.469 e. The Hall–Kier alpha value is -3.38. The van der Waals surface area contributed by atoms with Gasteiger partial charge >= 0.3 is 5.97 Å². The Balaban J connectivity index is 1.80. The van der Waals surface area contributed by atoms with E-state index in [-0.39, 0.29) is 5.97 Å². The molecule has 0 unspecified atom stereocenters. The first-order valence-electron chi connectivity index (χ1n) is 10.5. The van der Waals surface area contributed by atoms with Gasteiger partial charge in [-0.2, -0.15) is 0 Å². The van der Waals surface area contributed by atoms with Gasteiger partial charge in [-0.15, -0.1) is 10.2 Å². The van der Waals surface area contributed by atoms with E-state index in [9.17, 15) is 4.79 Å². The van der Waals surface area contributed by atoms with Crippen LogP contribution in [0.4, 0.5) is 0 Å². The summed E-state index contributed by atoms with van der Waals surface area (Å²) in [4.78, 5) is 11.5. The molecule has 0 aliphatic carbocycles. The molecule has 3 aromatic carbocycles. The molecule has 0 N–H and O–H groups in total. The highest BCUT2D eigenvalue weighted by atomic mass is 32.2. The topological polar surface area (TPSA) is 57.0 Å². The van der Waals surface area contributed by atoms with Gasteiger partial charge in [0.05, 0.1) is 11.9 Å². The van der Waals surface area contributed by atoms with Gasteiger partial charge in [-0.1, -0.05) is 103 Å². The van der Waals surface area contributed by atoms with E-state index >= 15 is 0 Å². The molecule has 0 saturated carbocycles. The van der Waals surface area contributed by atoms with E-state index in [4.69, 9.17) is 4.74 Å². The lowest BCUT2D eigenvalue weighted by Crippen LogP contribution is -2.26. The standard InChI is InChI=1S/C26H25N3O2S/c1-31-24(30)18-11-19-29-20-27-28-25(29)32-26(21-12-5-2-6-13-21,22-14-7-3-8-15-22)23-16-9-4-10-17-23/h2-10,12-17,20H,11,18-19H2,1H3. The first-order valence-corrected chi connectivity index (χ1v) is 11.4. The maximum Gasteiger partial charge on any atom is 0.305 e. The molecule has 0 aliphatic heterocycles. The number of esters is 1. The molecule has 0 amide bonds. The summed E-state index contributed by atoms with van der Waals surface area (Å²) in [6, 6.07) is 31.4. The van der Waals surface area contributed by atoms with Crippen molar-refractivity contribution in [2.45, 2.75) is 29.3 Å². The summed E-state index contributed by atoms with van der Waals surface area (Å²) in [7, 11) is 1.41. The summed E-state index contributed by atoms with van der Waals surface area (Å²) in [6.07, 6.45) is 2.75. The number of aryl methyl sites for hydroxylation is 1. The van der Waals surface area contributed by atoms with Crippen LogP contribution in [0.3, 0.4) is 0 Å². The van der Waals surface area contributed by atoms with Crippen molar-refractivity contribution in [3.63, 3.8) is 0 Å². The summed E-state index contributed by atoms with van der Waals surface area (Å²) in [6.45, 7) is 0.638. The monoisotopic (exact) mass is 443 g/mol. The number of carbonyl (C=O) groups excluding carboxylic acids is 1. The van der Waals surface area contributed by atoms with E-state index in [1.807, 2.05) is 22.8 Å². The van der Waals surface area contributed by atoms with Gasteiger partial charge in [-0.3, -0.25) is 4.79 Å². The molecular weight excluding hydrogens is 418 g/mol. The van der Waals surface area contributed by atoms with Crippen LogP contribution in [-0.2, 0) is 20.8 Å². The third-order valence-electron chi connectivity index (χ3n) is 5.37. The smallest absolute Gasteiger partial charge is 0.305 e. The second-order valence-electron chi connectivity index (χ2n) is 7.37. The Kier molecular flexibility index (Phi) is 7.02. The largest absolute Gasteiger partial charge is 0.469 e. The minimum absolute atomic E-state index is 0.209. The van der Waals surface area contributed by atoms with Crippen LogP contribution in [0.2, 0.25) is 0 Å². The van der Waals surface area contributed by atoms with Crippen LogP contribution in [0.1, 0.15) is 29.5 Å². The Morgan fingerprint density at radius 1 is 0.875 bits per heavy atom. The quantitative estimate of drug-likeness (QED) is 0.199. The predicted molar refractivity (Wildman–Crippen MR) is 126 cm³/mol. The molecule has 0 spiro atoms. The second kappa shape index (κ2) is 10.3. The van der Waals surface area contributed by atoms with E-state index in [0.717, 1.165) is 21.8 Å². The zero-order valence-corrected chi connectivity index (χ0v) is 18.7. The Labute approximate surface area is 192 Å². The molecule has 0 saturated heterocycles. The summed E-state index contributed by atoms with van der Waals surface area (Å²) >= 11 is 1.67. The van der Waals surface area contributed by atoms with E-state index < -0.39 is 4.75 Å². The van der Waals surface area contributed by atoms with Crippen molar-refractivity contribution in [2.75, 3.05) is 7.11 Å². The third-order valence-corrected chi connectivity index (χ3v) is 6.88. The molecule has 6 heteroatoms. The SMILES string of the molecule is COC(=O)CCCn1cnnc1SC(c1ccccc1)(c1ccccc1)c1ccccc1. The molecule has 32 heavy (non-hydrogen) atoms. The Morgan fingerprint density at radius 2 is 1.38 bits per heavy atom. The number of hydrogen-bond donors (Lipinski definition) is 0. The van der Waals surface area contributed by atoms with Crippen molar-refractivity contribution in [1.29, 1.82) is 0 Å². The zero-order chi connectivity index (χ0) is 22.2. The highest BCUT2D eigenvalue weighted by molar-refractivity contribution is 8.00. The van der Waals surface area contributed by atoms with Gasteiger partial charge in [0.25, 0.3) is 0 Å². The lowest BCUT2D eigenvalue weighted by atomic mass is 9.84. The molecule has 4 aromatic rings. The van der Waals surface area contributed by atoms with Gasteiger partial charge in [-0.25, -0.2) is 0 Å². The molecule has 1 aromatic heterocycles. The van der Waals surface area contributed by atoms with Crippen LogP contribution in [0, 0.1) is 0 Å². The highest BCUT2D eigenvalue weighted by Crippen LogP contribution is 2.50. The van der Waals surface area contributed by atoms with E-state index in [1.165, 1.54) is 7.11 Å². The van der Waals surface area contributed by atoms with Crippen molar-refractivity contribution < 1.29 is 9.53 Å². The fourth-order valence-corrected chi connectivity index (χ4v) is 5.18. The number of thioether (sulfide) groups is 1. The van der Waals surface area contributed by atoms with Crippen LogP contribution in [-0.4, -0.2) is 27.8 Å². The fraction of sp³-hybridized carbons (Fsp3) is 0.192. The molecule has 0 atom stereocenters. The number of methoxy groups -OCH3 is 1. The Bertz CT molecular complexity index is 1030. The van der Waals surface area contributed by atoms with Crippen molar-refractivity contribution >= 4 is 17.7 Å². The molecule has 0 bridgehead atoms. The van der Waals surface area contributed by atoms with Crippen molar-refractivity contribution in [3.8, 4) is 0 Å². The first-order chi connectivity index (χ1) is 15.7. The van der Waals surface area contributed by atoms with Gasteiger partial charge in [0, 0.05) is 13.0 Å². The number of benzene rings is 3. The van der Waals surface area contributed by atoms with Crippen LogP contribution in [0.15, 0.2) is 102 Å². The molecular formula is C26H25N3O2S. The first kappa shape index (κ1) is 21.8. The second-order valence-corrected chi connectivity index (χ2v) is 8.55. The minimum atomic E-state index is -0.517. The summed E-state index contributed by atoms with van der Waals surface area (Å²) < 4.78 is 6.26. The molecule has 5 nitrogen and oxygen atoms in total. The van der Waals surface area contributed by atoms with Crippen LogP contribution >= 0.6 is 11.8 Å². The van der Waals surface area contributed by atoms with Crippen molar-refractivity contribution in [1.82, 2.24) is 14.8 Å². The van der Waals surface area contributed by atoms with Gasteiger partial charge in [-0.05, 0) is 23.1 Å². The van der Waals surface area contributed by atoms with Crippen LogP contribution < -0.4 is 0 Å². The summed E-state index contributed by atoms with van der Waals surface area (Å²) in [5, 5.41) is 9.43. The predicted octanol–water partition coefficient (Wildman–Crippen LogP) is 5.32. The maximum atomic E-state index is 11.5. The average molecular weight is 444 g/mol. The zero-order valence-electron chi connectivity index (χ0n) is 17.9. The van der Waals surface area contributed by atoms with Crippen molar-refractivity contribution in [3.05, 3.63) is 114 Å². The van der Waals surface area contributed by atoms with Crippen LogP contribution in [0.25, 0.3) is 0 Å². The van der Waals surface area contributed by atoms with E-state index in [0.29, 0.717) is 19.4 Å². The Morgan fingerprint density at radius 3 is 1.84 bits per heavy atom. The number of carbonyl (C=O) groups is 1. The molecule has 4 rings (SSSR count). The van der Waals surface area contributed by atoms with Gasteiger partial charge < -0.3 is 9.30 Å². The third kappa shape index (κ3) is 4.60. The van der Waals surface area contributed by atoms with E-state index in [1.54, 1.807) is 18.1 Å². The van der Waals surface area contributed by atoms with E-state index in [2.05, 4.69) is 83.0 Å². The van der Waals surface area contributed by atoms with Crippen LogP contribution in [0.5, 0.6) is 0 Å². The summed E-state index contributed by atoms with van der Waals surface area (Å²) in [5.74, 6) is -0.209. The normalized spacial score (nSPS) is 11.3. The van der Waals surface area contributed by atoms with Crippen molar-refractivity contribution in [2.24, 2.45) is 0 Å². The molecule has 0 fully saturated rings. The highest BCUT2D eigenvalue weighted by Gasteiger charge is 2.39.